The zero-order valence-corrected chi connectivity index (χ0v) is 18.7. The summed E-state index contributed by atoms with van der Waals surface area (Å²) < 4.78 is 66.5. The minimum atomic E-state index is -4.43. The van der Waals surface area contributed by atoms with E-state index in [9.17, 15) is 21.6 Å². The average molecular weight is 487 g/mol. The summed E-state index contributed by atoms with van der Waals surface area (Å²) in [5, 5.41) is 3.74. The lowest BCUT2D eigenvalue weighted by Crippen LogP contribution is -2.26. The highest BCUT2D eigenvalue weighted by Crippen LogP contribution is 2.30. The van der Waals surface area contributed by atoms with Crippen molar-refractivity contribution in [1.82, 2.24) is 14.7 Å². The molecule has 0 saturated carbocycles. The van der Waals surface area contributed by atoms with E-state index in [1.807, 2.05) is 0 Å². The molecule has 176 valence electrons. The standard InChI is InChI=1S/C24H21F3N4O2S/c25-24(26,27)19-10-6-9-18(13-19)14-28-23-20-11-4-5-12-21(20)30-22(31-23)15-29-34(32,33)16-17-7-2-1-3-8-17/h1-13,29H,14-16H2,(H,28,30,31). The summed E-state index contributed by atoms with van der Waals surface area (Å²) in [5.41, 5.74) is 0.940. The van der Waals surface area contributed by atoms with Crippen molar-refractivity contribution in [2.75, 3.05) is 5.32 Å². The summed E-state index contributed by atoms with van der Waals surface area (Å²) in [5.74, 6) is 0.462. The van der Waals surface area contributed by atoms with Gasteiger partial charge in [0.15, 0.2) is 0 Å². The Morgan fingerprint density at radius 3 is 2.26 bits per heavy atom. The van der Waals surface area contributed by atoms with Crippen LogP contribution in [0.5, 0.6) is 0 Å². The molecule has 0 saturated heterocycles. The SMILES string of the molecule is O=S(=O)(Cc1ccccc1)NCc1nc(NCc2cccc(C(F)(F)F)c2)c2ccccc2n1. The predicted molar refractivity (Wildman–Crippen MR) is 124 cm³/mol. The third-order valence-corrected chi connectivity index (χ3v) is 6.31. The van der Waals surface area contributed by atoms with Gasteiger partial charge in [0.25, 0.3) is 0 Å². The van der Waals surface area contributed by atoms with Crippen LogP contribution in [0.1, 0.15) is 22.5 Å². The summed E-state index contributed by atoms with van der Waals surface area (Å²) in [6, 6.07) is 20.9. The largest absolute Gasteiger partial charge is 0.416 e. The molecule has 0 atom stereocenters. The number of para-hydroxylation sites is 1. The summed E-state index contributed by atoms with van der Waals surface area (Å²) >= 11 is 0. The Balaban J connectivity index is 1.53. The number of benzene rings is 3. The molecular formula is C24H21F3N4O2S. The van der Waals surface area contributed by atoms with Gasteiger partial charge in [0.05, 0.1) is 23.4 Å². The highest BCUT2D eigenvalue weighted by molar-refractivity contribution is 7.88. The zero-order valence-electron chi connectivity index (χ0n) is 17.9. The molecule has 34 heavy (non-hydrogen) atoms. The Hall–Kier alpha value is -3.50. The van der Waals surface area contributed by atoms with Gasteiger partial charge >= 0.3 is 6.18 Å². The van der Waals surface area contributed by atoms with Crippen LogP contribution in [-0.4, -0.2) is 18.4 Å². The Kier molecular flexibility index (Phi) is 6.80. The summed E-state index contributed by atoms with van der Waals surface area (Å²) in [4.78, 5) is 8.85. The number of alkyl halides is 3. The topological polar surface area (TPSA) is 84.0 Å². The van der Waals surface area contributed by atoms with E-state index in [1.165, 1.54) is 6.07 Å². The highest BCUT2D eigenvalue weighted by Gasteiger charge is 2.30. The quantitative estimate of drug-likeness (QED) is 0.371. The Bertz CT molecular complexity index is 1390. The number of hydrogen-bond donors (Lipinski definition) is 2. The molecule has 4 rings (SSSR count). The van der Waals surface area contributed by atoms with Gasteiger partial charge in [0.1, 0.15) is 11.6 Å². The number of aromatic nitrogens is 2. The van der Waals surface area contributed by atoms with Crippen LogP contribution in [0.25, 0.3) is 10.9 Å². The predicted octanol–water partition coefficient (Wildman–Crippen LogP) is 4.88. The van der Waals surface area contributed by atoms with Gasteiger partial charge in [0.2, 0.25) is 10.0 Å². The first kappa shape index (κ1) is 23.7. The van der Waals surface area contributed by atoms with Crippen molar-refractivity contribution in [3.05, 3.63) is 101 Å². The number of hydrogen-bond acceptors (Lipinski definition) is 5. The fraction of sp³-hybridized carbons (Fsp3) is 0.167. The molecule has 0 spiro atoms. The molecule has 1 aromatic heterocycles. The normalized spacial score (nSPS) is 12.1. The Labute approximate surface area is 194 Å². The summed E-state index contributed by atoms with van der Waals surface area (Å²) in [6.07, 6.45) is -4.43. The van der Waals surface area contributed by atoms with Crippen molar-refractivity contribution in [2.45, 2.75) is 25.0 Å². The maximum atomic E-state index is 13.0. The Morgan fingerprint density at radius 2 is 1.50 bits per heavy atom. The molecule has 0 aliphatic heterocycles. The van der Waals surface area contributed by atoms with Crippen LogP contribution < -0.4 is 10.0 Å². The van der Waals surface area contributed by atoms with E-state index in [0.29, 0.717) is 27.8 Å². The second-order valence-electron chi connectivity index (χ2n) is 7.62. The maximum Gasteiger partial charge on any atom is 0.416 e. The third kappa shape index (κ3) is 6.09. The van der Waals surface area contributed by atoms with E-state index in [4.69, 9.17) is 0 Å². The van der Waals surface area contributed by atoms with Crippen molar-refractivity contribution in [1.29, 1.82) is 0 Å². The molecule has 4 aromatic rings. The smallest absolute Gasteiger partial charge is 0.365 e. The zero-order chi connectivity index (χ0) is 24.2. The van der Waals surface area contributed by atoms with Gasteiger partial charge in [-0.2, -0.15) is 13.2 Å². The second-order valence-corrected chi connectivity index (χ2v) is 9.43. The second kappa shape index (κ2) is 9.78. The van der Waals surface area contributed by atoms with Crippen LogP contribution in [-0.2, 0) is 35.0 Å². The van der Waals surface area contributed by atoms with Crippen LogP contribution in [0, 0.1) is 0 Å². The number of fused-ring (bicyclic) bond motifs is 1. The average Bonchev–Trinajstić information content (AvgIpc) is 2.81. The minimum Gasteiger partial charge on any atom is -0.365 e. The molecule has 0 radical (unpaired) electrons. The first-order valence-corrected chi connectivity index (χ1v) is 12.0. The maximum absolute atomic E-state index is 13.0. The lowest BCUT2D eigenvalue weighted by Gasteiger charge is -2.13. The number of halogens is 3. The summed E-state index contributed by atoms with van der Waals surface area (Å²) in [7, 11) is -3.63. The van der Waals surface area contributed by atoms with Gasteiger partial charge < -0.3 is 5.32 Å². The fourth-order valence-corrected chi connectivity index (χ4v) is 4.48. The molecule has 0 amide bonds. The minimum absolute atomic E-state index is 0.101. The van der Waals surface area contributed by atoms with Crippen LogP contribution >= 0.6 is 0 Å². The Morgan fingerprint density at radius 1 is 0.794 bits per heavy atom. The van der Waals surface area contributed by atoms with Crippen LogP contribution in [0.15, 0.2) is 78.9 Å². The highest BCUT2D eigenvalue weighted by atomic mass is 32.2. The molecule has 0 aliphatic carbocycles. The molecule has 0 aliphatic rings. The first-order chi connectivity index (χ1) is 16.2. The van der Waals surface area contributed by atoms with E-state index < -0.39 is 21.8 Å². The summed E-state index contributed by atoms with van der Waals surface area (Å²) in [6.45, 7) is -0.0255. The molecule has 0 bridgehead atoms. The molecule has 1 heterocycles. The van der Waals surface area contributed by atoms with Gasteiger partial charge in [0, 0.05) is 11.9 Å². The molecule has 3 aromatic carbocycles. The van der Waals surface area contributed by atoms with E-state index in [2.05, 4.69) is 20.0 Å². The number of nitrogens with one attached hydrogen (secondary N) is 2. The van der Waals surface area contributed by atoms with E-state index in [0.717, 1.165) is 12.1 Å². The number of anilines is 1. The monoisotopic (exact) mass is 486 g/mol. The number of nitrogens with zero attached hydrogens (tertiary/aromatic N) is 2. The first-order valence-electron chi connectivity index (χ1n) is 10.4. The van der Waals surface area contributed by atoms with Crippen molar-refractivity contribution in [3.8, 4) is 0 Å². The van der Waals surface area contributed by atoms with Crippen molar-refractivity contribution >= 4 is 26.7 Å². The lowest BCUT2D eigenvalue weighted by atomic mass is 10.1. The fourth-order valence-electron chi connectivity index (χ4n) is 3.40. The van der Waals surface area contributed by atoms with Crippen molar-refractivity contribution < 1.29 is 21.6 Å². The van der Waals surface area contributed by atoms with Crippen LogP contribution in [0.3, 0.4) is 0 Å². The van der Waals surface area contributed by atoms with Crippen LogP contribution in [0.4, 0.5) is 19.0 Å². The molecule has 0 fully saturated rings. The van der Waals surface area contributed by atoms with E-state index in [-0.39, 0.29) is 24.7 Å². The van der Waals surface area contributed by atoms with E-state index in [1.54, 1.807) is 60.7 Å². The van der Waals surface area contributed by atoms with Crippen LogP contribution in [0.2, 0.25) is 0 Å². The van der Waals surface area contributed by atoms with Gasteiger partial charge in [-0.15, -0.1) is 0 Å². The van der Waals surface area contributed by atoms with Gasteiger partial charge in [-0.3, -0.25) is 0 Å². The lowest BCUT2D eigenvalue weighted by molar-refractivity contribution is -0.137. The molecule has 2 N–H and O–H groups in total. The van der Waals surface area contributed by atoms with Gasteiger partial charge in [-0.05, 0) is 35.4 Å². The molecule has 0 unspecified atom stereocenters. The van der Waals surface area contributed by atoms with Crippen molar-refractivity contribution in [3.63, 3.8) is 0 Å². The number of rotatable bonds is 8. The number of sulfonamides is 1. The van der Waals surface area contributed by atoms with Crippen molar-refractivity contribution in [2.24, 2.45) is 0 Å². The molecule has 6 nitrogen and oxygen atoms in total. The van der Waals surface area contributed by atoms with Gasteiger partial charge in [-0.1, -0.05) is 54.6 Å². The van der Waals surface area contributed by atoms with Gasteiger partial charge in [-0.25, -0.2) is 23.1 Å². The third-order valence-electron chi connectivity index (χ3n) is 5.01. The molecular weight excluding hydrogens is 465 g/mol. The molecule has 10 heteroatoms. The van der Waals surface area contributed by atoms with E-state index >= 15 is 0 Å².